The van der Waals surface area contributed by atoms with E-state index >= 15 is 0 Å². The van der Waals surface area contributed by atoms with Crippen LogP contribution in [0.5, 0.6) is 5.75 Å². The van der Waals surface area contributed by atoms with Gasteiger partial charge in [0.15, 0.2) is 5.65 Å². The number of hydrogen-bond acceptors (Lipinski definition) is 7. The quantitative estimate of drug-likeness (QED) is 0.448. The molecule has 0 spiro atoms. The molecule has 0 aliphatic carbocycles. The van der Waals surface area contributed by atoms with Gasteiger partial charge in [0.1, 0.15) is 17.7 Å². The number of aromatic amines is 1. The third kappa shape index (κ3) is 3.59. The zero-order valence-electron chi connectivity index (χ0n) is 16.4. The summed E-state index contributed by atoms with van der Waals surface area (Å²) in [6.45, 7) is -0.261. The van der Waals surface area contributed by atoms with E-state index in [-0.39, 0.29) is 18.6 Å². The van der Waals surface area contributed by atoms with Gasteiger partial charge < -0.3 is 24.7 Å². The molecule has 1 fully saturated rings. The fourth-order valence-electron chi connectivity index (χ4n) is 3.76. The first-order valence-electron chi connectivity index (χ1n) is 9.85. The van der Waals surface area contributed by atoms with Crippen molar-refractivity contribution in [2.75, 3.05) is 6.61 Å². The summed E-state index contributed by atoms with van der Waals surface area (Å²) in [5, 5.41) is 19.5. The normalized spacial score (nSPS) is 20.9. The van der Waals surface area contributed by atoms with Crippen molar-refractivity contribution in [1.82, 2.24) is 19.5 Å². The van der Waals surface area contributed by atoms with Crippen molar-refractivity contribution in [2.45, 2.75) is 24.9 Å². The number of ether oxygens (including phenoxy) is 2. The Morgan fingerprint density at radius 3 is 2.74 bits per heavy atom. The van der Waals surface area contributed by atoms with Crippen LogP contribution >= 0.6 is 0 Å². The first-order valence-corrected chi connectivity index (χ1v) is 9.85. The molecule has 31 heavy (non-hydrogen) atoms. The van der Waals surface area contributed by atoms with E-state index in [1.54, 1.807) is 22.9 Å². The number of aromatic nitrogens is 4. The molecule has 1 aromatic carbocycles. The average Bonchev–Trinajstić information content (AvgIpc) is 3.36. The lowest BCUT2D eigenvalue weighted by Gasteiger charge is -2.14. The van der Waals surface area contributed by atoms with Crippen LogP contribution in [0, 0.1) is 0 Å². The van der Waals surface area contributed by atoms with E-state index < -0.39 is 18.5 Å². The van der Waals surface area contributed by atoms with Crippen LogP contribution in [-0.4, -0.2) is 54.8 Å². The van der Waals surface area contributed by atoms with Crippen LogP contribution in [-0.2, 0) is 4.74 Å². The molecular weight excluding hydrogens is 400 g/mol. The Balaban J connectivity index is 1.48. The Morgan fingerprint density at radius 1 is 1.19 bits per heavy atom. The molecule has 9 nitrogen and oxygen atoms in total. The Kier molecular flexibility index (Phi) is 4.99. The molecule has 3 unspecified atom stereocenters. The van der Waals surface area contributed by atoms with Gasteiger partial charge in [0.05, 0.1) is 24.4 Å². The molecule has 5 rings (SSSR count). The van der Waals surface area contributed by atoms with E-state index in [0.717, 1.165) is 11.1 Å². The minimum Gasteiger partial charge on any atom is -0.465 e. The third-order valence-corrected chi connectivity index (χ3v) is 5.29. The van der Waals surface area contributed by atoms with E-state index in [0.29, 0.717) is 22.6 Å². The van der Waals surface area contributed by atoms with Gasteiger partial charge >= 0.3 is 0 Å². The topological polar surface area (TPSA) is 122 Å². The van der Waals surface area contributed by atoms with Crippen LogP contribution in [0.25, 0.3) is 28.0 Å². The standard InChI is InChI=1S/C22H20N4O5/c27-11-17-16(28)9-19(31-17)30-14-6-4-13(5-7-14)15-10-26(18-3-1-2-8-23-18)21-20(15)22(29)25-12-24-21/h1-8,10,12,16-17,19,27-28H,9,11H2,(H,24,25,29). The maximum atomic E-state index is 12.6. The summed E-state index contributed by atoms with van der Waals surface area (Å²) >= 11 is 0. The number of fused-ring (bicyclic) bond motifs is 1. The number of hydrogen-bond donors (Lipinski definition) is 3. The van der Waals surface area contributed by atoms with Gasteiger partial charge in [-0.15, -0.1) is 0 Å². The summed E-state index contributed by atoms with van der Waals surface area (Å²) in [5.41, 5.74) is 1.81. The molecule has 3 N–H and O–H groups in total. The van der Waals surface area contributed by atoms with E-state index in [4.69, 9.17) is 9.47 Å². The molecule has 0 bridgehead atoms. The van der Waals surface area contributed by atoms with Crippen molar-refractivity contribution >= 4 is 11.0 Å². The molecule has 3 aromatic heterocycles. The number of nitrogens with one attached hydrogen (secondary N) is 1. The van der Waals surface area contributed by atoms with Gasteiger partial charge in [0, 0.05) is 24.4 Å². The maximum absolute atomic E-state index is 12.6. The second-order valence-corrected chi connectivity index (χ2v) is 7.26. The van der Waals surface area contributed by atoms with Crippen LogP contribution in [0.4, 0.5) is 0 Å². The minimum atomic E-state index is -0.758. The number of nitrogens with zero attached hydrogens (tertiary/aromatic N) is 3. The Morgan fingerprint density at radius 2 is 2.03 bits per heavy atom. The van der Waals surface area contributed by atoms with Gasteiger partial charge in [-0.3, -0.25) is 9.36 Å². The van der Waals surface area contributed by atoms with Crippen LogP contribution in [0.3, 0.4) is 0 Å². The monoisotopic (exact) mass is 420 g/mol. The molecule has 4 aromatic rings. The lowest BCUT2D eigenvalue weighted by Crippen LogP contribution is -2.24. The highest BCUT2D eigenvalue weighted by molar-refractivity contribution is 5.94. The van der Waals surface area contributed by atoms with Gasteiger partial charge in [-0.1, -0.05) is 18.2 Å². The zero-order valence-corrected chi connectivity index (χ0v) is 16.4. The largest absolute Gasteiger partial charge is 0.465 e. The lowest BCUT2D eigenvalue weighted by atomic mass is 10.1. The lowest BCUT2D eigenvalue weighted by molar-refractivity contribution is -0.0931. The average molecular weight is 420 g/mol. The highest BCUT2D eigenvalue weighted by atomic mass is 16.7. The highest BCUT2D eigenvalue weighted by Crippen LogP contribution is 2.31. The molecule has 1 saturated heterocycles. The van der Waals surface area contributed by atoms with Gasteiger partial charge in [-0.2, -0.15) is 0 Å². The summed E-state index contributed by atoms with van der Waals surface area (Å²) in [4.78, 5) is 23.9. The van der Waals surface area contributed by atoms with Gasteiger partial charge in [-0.05, 0) is 29.8 Å². The predicted molar refractivity (Wildman–Crippen MR) is 112 cm³/mol. The molecule has 3 atom stereocenters. The Hall–Kier alpha value is -3.53. The summed E-state index contributed by atoms with van der Waals surface area (Å²) in [6.07, 6.45) is 3.16. The molecular formula is C22H20N4O5. The predicted octanol–water partition coefficient (Wildman–Crippen LogP) is 1.62. The molecule has 0 saturated carbocycles. The van der Waals surface area contributed by atoms with E-state index in [9.17, 15) is 15.0 Å². The molecule has 1 aliphatic rings. The van der Waals surface area contributed by atoms with Crippen molar-refractivity contribution < 1.29 is 19.7 Å². The SMILES string of the molecule is O=c1[nH]cnc2c1c(-c1ccc(OC3CC(O)C(CO)O3)cc1)cn2-c1ccccn1. The van der Waals surface area contributed by atoms with Crippen molar-refractivity contribution in [3.63, 3.8) is 0 Å². The third-order valence-electron chi connectivity index (χ3n) is 5.29. The molecule has 9 heteroatoms. The van der Waals surface area contributed by atoms with E-state index in [1.807, 2.05) is 36.5 Å². The van der Waals surface area contributed by atoms with Crippen LogP contribution in [0.15, 0.2) is 66.0 Å². The summed E-state index contributed by atoms with van der Waals surface area (Å²) in [7, 11) is 0. The fraction of sp³-hybridized carbons (Fsp3) is 0.227. The second kappa shape index (κ2) is 7.95. The first kappa shape index (κ1) is 19.4. The number of rotatable bonds is 5. The van der Waals surface area contributed by atoms with Gasteiger partial charge in [0.2, 0.25) is 6.29 Å². The van der Waals surface area contributed by atoms with Gasteiger partial charge in [-0.25, -0.2) is 9.97 Å². The van der Waals surface area contributed by atoms with Crippen molar-refractivity contribution in [1.29, 1.82) is 0 Å². The zero-order chi connectivity index (χ0) is 21.4. The number of benzene rings is 1. The van der Waals surface area contributed by atoms with Gasteiger partial charge in [0.25, 0.3) is 5.56 Å². The number of aliphatic hydroxyl groups excluding tert-OH is 2. The molecule has 0 radical (unpaired) electrons. The number of aliphatic hydroxyl groups is 2. The highest BCUT2D eigenvalue weighted by Gasteiger charge is 2.34. The molecule has 1 aliphatic heterocycles. The summed E-state index contributed by atoms with van der Waals surface area (Å²) in [6, 6.07) is 12.8. The van der Waals surface area contributed by atoms with Crippen molar-refractivity contribution in [3.05, 3.63) is 71.5 Å². The minimum absolute atomic E-state index is 0.238. The first-order chi connectivity index (χ1) is 15.1. The van der Waals surface area contributed by atoms with E-state index in [2.05, 4.69) is 15.0 Å². The fourth-order valence-corrected chi connectivity index (χ4v) is 3.76. The molecule has 158 valence electrons. The summed E-state index contributed by atoms with van der Waals surface area (Å²) in [5.74, 6) is 1.22. The van der Waals surface area contributed by atoms with E-state index in [1.165, 1.54) is 6.33 Å². The molecule has 4 heterocycles. The maximum Gasteiger partial charge on any atom is 0.260 e. The van der Waals surface area contributed by atoms with Crippen LogP contribution in [0.2, 0.25) is 0 Å². The van der Waals surface area contributed by atoms with Crippen molar-refractivity contribution in [3.8, 4) is 22.7 Å². The Bertz CT molecular complexity index is 1250. The Labute approximate surface area is 176 Å². The smallest absolute Gasteiger partial charge is 0.260 e. The molecule has 0 amide bonds. The number of pyridine rings is 1. The van der Waals surface area contributed by atoms with Crippen LogP contribution in [0.1, 0.15) is 6.42 Å². The van der Waals surface area contributed by atoms with Crippen LogP contribution < -0.4 is 10.3 Å². The van der Waals surface area contributed by atoms with Crippen molar-refractivity contribution in [2.24, 2.45) is 0 Å². The number of H-pyrrole nitrogens is 1. The summed E-state index contributed by atoms with van der Waals surface area (Å²) < 4.78 is 13.0. The second-order valence-electron chi connectivity index (χ2n) is 7.26.